The summed E-state index contributed by atoms with van der Waals surface area (Å²) in [5.74, 6) is -1.31. The highest BCUT2D eigenvalue weighted by atomic mass is 32.2. The molecular weight excluding hydrogens is 449 g/mol. The molecule has 0 saturated carbocycles. The normalized spacial score (nSPS) is 15.9. The number of nitrogens with one attached hydrogen (secondary N) is 2. The maximum Gasteiger partial charge on any atom is 0.241 e. The lowest BCUT2D eigenvalue weighted by Crippen LogP contribution is -2.47. The van der Waals surface area contributed by atoms with Crippen molar-refractivity contribution in [3.63, 3.8) is 0 Å². The maximum atomic E-state index is 13.0. The van der Waals surface area contributed by atoms with E-state index in [0.29, 0.717) is 12.2 Å². The van der Waals surface area contributed by atoms with E-state index in [0.717, 1.165) is 18.4 Å². The van der Waals surface area contributed by atoms with Crippen molar-refractivity contribution in [2.75, 3.05) is 26.2 Å². The first-order chi connectivity index (χ1) is 15.7. The van der Waals surface area contributed by atoms with Crippen molar-refractivity contribution in [2.24, 2.45) is 0 Å². The largest absolute Gasteiger partial charge is 0.376 e. The summed E-state index contributed by atoms with van der Waals surface area (Å²) in [4.78, 5) is 26.7. The highest BCUT2D eigenvalue weighted by Crippen LogP contribution is 2.14. The van der Waals surface area contributed by atoms with Crippen LogP contribution < -0.4 is 10.0 Å². The zero-order valence-electron chi connectivity index (χ0n) is 18.4. The minimum absolute atomic E-state index is 0.0589. The molecule has 1 atom stereocenters. The number of hydrogen-bond donors (Lipinski definition) is 2. The molecule has 2 aromatic rings. The predicted octanol–water partition coefficient (Wildman–Crippen LogP) is 1.74. The highest BCUT2D eigenvalue weighted by Gasteiger charge is 2.25. The van der Waals surface area contributed by atoms with Gasteiger partial charge in [-0.2, -0.15) is 0 Å². The molecule has 1 fully saturated rings. The van der Waals surface area contributed by atoms with Crippen LogP contribution in [0.2, 0.25) is 0 Å². The third-order valence-electron chi connectivity index (χ3n) is 5.28. The van der Waals surface area contributed by atoms with Crippen LogP contribution in [0.25, 0.3) is 0 Å². The molecule has 0 aliphatic carbocycles. The number of nitrogens with zero attached hydrogens (tertiary/aromatic N) is 1. The van der Waals surface area contributed by atoms with E-state index >= 15 is 0 Å². The average molecular weight is 478 g/mol. The Balaban J connectivity index is 1.59. The van der Waals surface area contributed by atoms with E-state index in [9.17, 15) is 22.4 Å². The van der Waals surface area contributed by atoms with Crippen molar-refractivity contribution in [2.45, 2.75) is 37.3 Å². The van der Waals surface area contributed by atoms with Crippen molar-refractivity contribution in [3.8, 4) is 0 Å². The summed E-state index contributed by atoms with van der Waals surface area (Å²) in [6.45, 7) is 2.08. The molecular formula is C23H28FN3O5S. The van der Waals surface area contributed by atoms with Gasteiger partial charge >= 0.3 is 0 Å². The van der Waals surface area contributed by atoms with Crippen LogP contribution >= 0.6 is 0 Å². The minimum atomic E-state index is -3.87. The molecule has 10 heteroatoms. The second kappa shape index (κ2) is 11.4. The monoisotopic (exact) mass is 477 g/mol. The molecule has 33 heavy (non-hydrogen) atoms. The molecule has 0 bridgehead atoms. The van der Waals surface area contributed by atoms with Crippen molar-refractivity contribution in [1.29, 1.82) is 0 Å². The quantitative estimate of drug-likeness (QED) is 0.542. The molecule has 2 N–H and O–H groups in total. The van der Waals surface area contributed by atoms with Crippen molar-refractivity contribution in [3.05, 3.63) is 65.5 Å². The molecule has 0 radical (unpaired) electrons. The number of benzene rings is 2. The summed E-state index contributed by atoms with van der Waals surface area (Å²) in [5, 5.41) is 2.70. The van der Waals surface area contributed by atoms with Gasteiger partial charge in [0.15, 0.2) is 0 Å². The van der Waals surface area contributed by atoms with Gasteiger partial charge in [0.1, 0.15) is 5.82 Å². The second-order valence-electron chi connectivity index (χ2n) is 7.95. The fourth-order valence-corrected chi connectivity index (χ4v) is 4.36. The number of aryl methyl sites for hydroxylation is 1. The summed E-state index contributed by atoms with van der Waals surface area (Å²) in [6.07, 6.45) is 1.42. The highest BCUT2D eigenvalue weighted by molar-refractivity contribution is 7.89. The Kier molecular flexibility index (Phi) is 8.54. The van der Waals surface area contributed by atoms with Gasteiger partial charge in [-0.1, -0.05) is 29.8 Å². The topological polar surface area (TPSA) is 105 Å². The zero-order valence-corrected chi connectivity index (χ0v) is 19.2. The van der Waals surface area contributed by atoms with Gasteiger partial charge in [-0.15, -0.1) is 0 Å². The molecule has 8 nitrogen and oxygen atoms in total. The van der Waals surface area contributed by atoms with E-state index in [1.807, 2.05) is 6.92 Å². The van der Waals surface area contributed by atoms with E-state index in [1.165, 1.54) is 29.2 Å². The molecule has 0 spiro atoms. The second-order valence-corrected chi connectivity index (χ2v) is 9.72. The van der Waals surface area contributed by atoms with Gasteiger partial charge in [0, 0.05) is 19.7 Å². The van der Waals surface area contributed by atoms with Crippen LogP contribution in [0.1, 0.15) is 24.0 Å². The lowest BCUT2D eigenvalue weighted by atomic mass is 10.2. The zero-order chi connectivity index (χ0) is 23.8. The number of halogens is 1. The molecule has 2 aromatic carbocycles. The Morgan fingerprint density at radius 1 is 1.12 bits per heavy atom. The lowest BCUT2D eigenvalue weighted by Gasteiger charge is -2.25. The predicted molar refractivity (Wildman–Crippen MR) is 120 cm³/mol. The number of carbonyl (C=O) groups excluding carboxylic acids is 2. The fourth-order valence-electron chi connectivity index (χ4n) is 3.39. The van der Waals surface area contributed by atoms with Crippen LogP contribution in [0, 0.1) is 12.7 Å². The molecule has 2 amide bonds. The van der Waals surface area contributed by atoms with Gasteiger partial charge in [0.05, 0.1) is 24.1 Å². The number of hydrogen-bond acceptors (Lipinski definition) is 5. The first-order valence-electron chi connectivity index (χ1n) is 10.7. The molecule has 0 aromatic heterocycles. The van der Waals surface area contributed by atoms with E-state index in [2.05, 4.69) is 10.0 Å². The van der Waals surface area contributed by atoms with Crippen LogP contribution in [0.5, 0.6) is 0 Å². The number of sulfonamides is 1. The van der Waals surface area contributed by atoms with E-state index in [-0.39, 0.29) is 36.5 Å². The number of carbonyl (C=O) groups is 2. The Labute approximate surface area is 193 Å². The molecule has 1 heterocycles. The van der Waals surface area contributed by atoms with Gasteiger partial charge in [0.2, 0.25) is 21.8 Å². The van der Waals surface area contributed by atoms with Gasteiger partial charge in [-0.05, 0) is 49.6 Å². The molecule has 178 valence electrons. The van der Waals surface area contributed by atoms with E-state index in [4.69, 9.17) is 4.74 Å². The summed E-state index contributed by atoms with van der Waals surface area (Å²) < 4.78 is 45.9. The van der Waals surface area contributed by atoms with Crippen molar-refractivity contribution in [1.82, 2.24) is 14.9 Å². The fraction of sp³-hybridized carbons (Fsp3) is 0.391. The van der Waals surface area contributed by atoms with Gasteiger partial charge in [-0.3, -0.25) is 9.59 Å². The average Bonchev–Trinajstić information content (AvgIpc) is 3.30. The Hall–Kier alpha value is -2.82. The summed E-state index contributed by atoms with van der Waals surface area (Å²) in [6, 6.07) is 12.0. The molecule has 1 aliphatic heterocycles. The molecule has 0 unspecified atom stereocenters. The summed E-state index contributed by atoms with van der Waals surface area (Å²) in [5.41, 5.74) is 1.63. The van der Waals surface area contributed by atoms with Crippen LogP contribution in [-0.4, -0.2) is 57.5 Å². The van der Waals surface area contributed by atoms with Crippen molar-refractivity contribution >= 4 is 21.8 Å². The summed E-state index contributed by atoms with van der Waals surface area (Å²) in [7, 11) is -3.87. The van der Waals surface area contributed by atoms with Crippen LogP contribution in [0.4, 0.5) is 4.39 Å². The minimum Gasteiger partial charge on any atom is -0.376 e. The van der Waals surface area contributed by atoms with Gasteiger partial charge in [-0.25, -0.2) is 17.5 Å². The van der Waals surface area contributed by atoms with E-state index < -0.39 is 28.4 Å². The van der Waals surface area contributed by atoms with Crippen LogP contribution in [0.3, 0.4) is 0 Å². The third-order valence-corrected chi connectivity index (χ3v) is 6.70. The SMILES string of the molecule is Cc1ccc(S(=O)(=O)NCC(=O)N(CC(=O)NCc2ccc(F)cc2)C[C@@H]2CCCO2)cc1. The van der Waals surface area contributed by atoms with Crippen molar-refractivity contribution < 1.29 is 27.1 Å². The van der Waals surface area contributed by atoms with Crippen LogP contribution in [-0.2, 0) is 30.9 Å². The number of amides is 2. The number of rotatable bonds is 10. The van der Waals surface area contributed by atoms with Crippen LogP contribution in [0.15, 0.2) is 53.4 Å². The number of ether oxygens (including phenoxy) is 1. The molecule has 1 saturated heterocycles. The smallest absolute Gasteiger partial charge is 0.241 e. The Bertz CT molecular complexity index is 1050. The summed E-state index contributed by atoms with van der Waals surface area (Å²) >= 11 is 0. The van der Waals surface area contributed by atoms with Gasteiger partial charge < -0.3 is 15.0 Å². The third kappa shape index (κ3) is 7.62. The van der Waals surface area contributed by atoms with Gasteiger partial charge in [0.25, 0.3) is 0 Å². The molecule has 3 rings (SSSR count). The lowest BCUT2D eigenvalue weighted by molar-refractivity contribution is -0.136. The maximum absolute atomic E-state index is 13.0. The van der Waals surface area contributed by atoms with E-state index in [1.54, 1.807) is 24.3 Å². The Morgan fingerprint density at radius 2 is 1.82 bits per heavy atom. The standard InChI is InChI=1S/C23H28FN3O5S/c1-17-4-10-21(11-5-17)33(30,31)26-14-23(29)27(15-20-3-2-12-32-20)16-22(28)25-13-18-6-8-19(24)9-7-18/h4-11,20,26H,2-3,12-16H2,1H3,(H,25,28)/t20-/m0/s1. The molecule has 1 aliphatic rings. The first kappa shape index (κ1) is 24.8. The first-order valence-corrected chi connectivity index (χ1v) is 12.2. The Morgan fingerprint density at radius 3 is 2.45 bits per heavy atom.